The van der Waals surface area contributed by atoms with Crippen molar-refractivity contribution in [3.8, 4) is 0 Å². The van der Waals surface area contributed by atoms with Gasteiger partial charge in [-0.25, -0.2) is 14.4 Å². The van der Waals surface area contributed by atoms with Gasteiger partial charge in [-0.3, -0.25) is 9.78 Å². The number of nitrogens with zero attached hydrogens (tertiary/aromatic N) is 5. The fourth-order valence-corrected chi connectivity index (χ4v) is 5.31. The van der Waals surface area contributed by atoms with Crippen LogP contribution in [0.1, 0.15) is 27.2 Å². The Morgan fingerprint density at radius 1 is 0.975 bits per heavy atom. The highest BCUT2D eigenvalue weighted by Gasteiger charge is 2.21. The van der Waals surface area contributed by atoms with E-state index >= 15 is 0 Å². The first-order chi connectivity index (χ1) is 19.6. The average molecular weight is 559 g/mol. The fourth-order valence-electron chi connectivity index (χ4n) is 4.48. The number of benzene rings is 2. The summed E-state index contributed by atoms with van der Waals surface area (Å²) in [5, 5.41) is 3.59. The molecule has 1 amide bonds. The lowest BCUT2D eigenvalue weighted by molar-refractivity contribution is 0.0951. The summed E-state index contributed by atoms with van der Waals surface area (Å²) in [7, 11) is 1.65. The van der Waals surface area contributed by atoms with E-state index < -0.39 is 0 Å². The summed E-state index contributed by atoms with van der Waals surface area (Å²) in [5.74, 6) is 1.18. The second kappa shape index (κ2) is 13.4. The Bertz CT molecular complexity index is 1420. The van der Waals surface area contributed by atoms with Crippen LogP contribution in [0, 0.1) is 5.82 Å². The van der Waals surface area contributed by atoms with Gasteiger partial charge in [0.1, 0.15) is 11.6 Å². The number of carbonyl (C=O) groups excluding carboxylic acids is 1. The van der Waals surface area contributed by atoms with Crippen LogP contribution in [0.5, 0.6) is 0 Å². The molecular formula is C30H31FN6O2S. The molecule has 206 valence electrons. The summed E-state index contributed by atoms with van der Waals surface area (Å²) < 4.78 is 19.6. The number of hydrogen-bond acceptors (Lipinski definition) is 8. The summed E-state index contributed by atoms with van der Waals surface area (Å²) in [6.45, 7) is 3.68. The second-order valence-corrected chi connectivity index (χ2v) is 10.3. The molecule has 0 spiro atoms. The number of nitrogens with one attached hydrogen (secondary N) is 1. The van der Waals surface area contributed by atoms with Gasteiger partial charge < -0.3 is 19.9 Å². The Kier molecular flexibility index (Phi) is 9.20. The molecule has 1 N–H and O–H groups in total. The van der Waals surface area contributed by atoms with Crippen molar-refractivity contribution in [3.63, 3.8) is 0 Å². The van der Waals surface area contributed by atoms with E-state index in [9.17, 15) is 9.18 Å². The normalized spacial score (nSPS) is 13.3. The Morgan fingerprint density at radius 3 is 2.48 bits per heavy atom. The van der Waals surface area contributed by atoms with E-state index in [4.69, 9.17) is 9.72 Å². The predicted molar refractivity (Wildman–Crippen MR) is 155 cm³/mol. The molecule has 0 bridgehead atoms. The first-order valence-electron chi connectivity index (χ1n) is 13.1. The quantitative estimate of drug-likeness (QED) is 0.222. The van der Waals surface area contributed by atoms with E-state index in [-0.39, 0.29) is 11.7 Å². The van der Waals surface area contributed by atoms with Gasteiger partial charge in [-0.15, -0.1) is 0 Å². The van der Waals surface area contributed by atoms with Gasteiger partial charge >= 0.3 is 0 Å². The number of halogens is 1. The summed E-state index contributed by atoms with van der Waals surface area (Å²) in [4.78, 5) is 30.4. The van der Waals surface area contributed by atoms with Gasteiger partial charge in [-0.2, -0.15) is 0 Å². The van der Waals surface area contributed by atoms with Crippen molar-refractivity contribution in [3.05, 3.63) is 107 Å². The van der Waals surface area contributed by atoms with Gasteiger partial charge in [-0.1, -0.05) is 42.1 Å². The lowest BCUT2D eigenvalue weighted by Gasteiger charge is -2.37. The number of pyridine rings is 1. The lowest BCUT2D eigenvalue weighted by Crippen LogP contribution is -2.47. The van der Waals surface area contributed by atoms with Crippen LogP contribution in [0.2, 0.25) is 0 Å². The number of piperazine rings is 1. The molecule has 40 heavy (non-hydrogen) atoms. The number of amides is 1. The Balaban J connectivity index is 1.19. The summed E-state index contributed by atoms with van der Waals surface area (Å²) in [6.07, 6.45) is 3.44. The zero-order valence-corrected chi connectivity index (χ0v) is 23.1. The van der Waals surface area contributed by atoms with E-state index in [0.29, 0.717) is 48.4 Å². The third-order valence-corrected chi connectivity index (χ3v) is 7.51. The smallest absolute Gasteiger partial charge is 0.251 e. The van der Waals surface area contributed by atoms with Crippen LogP contribution in [0.25, 0.3) is 0 Å². The number of rotatable bonds is 10. The molecule has 2 aromatic heterocycles. The molecular weight excluding hydrogens is 527 g/mol. The monoisotopic (exact) mass is 558 g/mol. The Morgan fingerprint density at radius 2 is 1.75 bits per heavy atom. The molecule has 1 fully saturated rings. The van der Waals surface area contributed by atoms with Crippen molar-refractivity contribution in [2.24, 2.45) is 0 Å². The molecule has 10 heteroatoms. The molecule has 1 aliphatic rings. The maximum atomic E-state index is 14.3. The Hall–Kier alpha value is -4.02. The van der Waals surface area contributed by atoms with Crippen molar-refractivity contribution in [1.82, 2.24) is 20.3 Å². The van der Waals surface area contributed by atoms with E-state index in [1.807, 2.05) is 54.6 Å². The van der Waals surface area contributed by atoms with Crippen molar-refractivity contribution in [2.75, 3.05) is 43.1 Å². The predicted octanol–water partition coefficient (Wildman–Crippen LogP) is 4.71. The minimum atomic E-state index is -0.197. The molecule has 4 aromatic rings. The van der Waals surface area contributed by atoms with Gasteiger partial charge in [0.25, 0.3) is 5.91 Å². The molecule has 0 unspecified atom stereocenters. The number of carbonyl (C=O) groups is 1. The first-order valence-corrected chi connectivity index (χ1v) is 14.1. The summed E-state index contributed by atoms with van der Waals surface area (Å²) >= 11 is 1.54. The van der Waals surface area contributed by atoms with Crippen LogP contribution >= 0.6 is 11.8 Å². The zero-order valence-electron chi connectivity index (χ0n) is 22.3. The number of ether oxygens (including phenoxy) is 1. The van der Waals surface area contributed by atoms with Crippen LogP contribution in [0.4, 0.5) is 15.9 Å². The summed E-state index contributed by atoms with van der Waals surface area (Å²) in [5.41, 5.74) is 4.07. The van der Waals surface area contributed by atoms with E-state index in [0.717, 1.165) is 35.7 Å². The highest BCUT2D eigenvalue weighted by atomic mass is 32.2. The minimum Gasteiger partial charge on any atom is -0.378 e. The average Bonchev–Trinajstić information content (AvgIpc) is 3.00. The maximum absolute atomic E-state index is 14.3. The van der Waals surface area contributed by atoms with E-state index in [1.54, 1.807) is 37.3 Å². The van der Waals surface area contributed by atoms with Crippen LogP contribution in [-0.4, -0.2) is 54.1 Å². The molecule has 0 radical (unpaired) electrons. The fraction of sp³-hybridized carbons (Fsp3) is 0.267. The molecule has 2 aromatic carbocycles. The lowest BCUT2D eigenvalue weighted by atomic mass is 10.1. The highest BCUT2D eigenvalue weighted by molar-refractivity contribution is 7.98. The van der Waals surface area contributed by atoms with Crippen molar-refractivity contribution < 1.29 is 13.9 Å². The molecule has 0 aliphatic carbocycles. The number of methoxy groups -OCH3 is 1. The van der Waals surface area contributed by atoms with E-state index in [2.05, 4.69) is 25.1 Å². The van der Waals surface area contributed by atoms with Crippen LogP contribution in [0.3, 0.4) is 0 Å². The van der Waals surface area contributed by atoms with Gasteiger partial charge in [0.15, 0.2) is 5.16 Å². The van der Waals surface area contributed by atoms with Gasteiger partial charge in [0.2, 0.25) is 0 Å². The van der Waals surface area contributed by atoms with E-state index in [1.165, 1.54) is 6.07 Å². The van der Waals surface area contributed by atoms with Crippen molar-refractivity contribution in [1.29, 1.82) is 0 Å². The third-order valence-electron chi connectivity index (χ3n) is 6.59. The number of thioether (sulfide) groups is 1. The van der Waals surface area contributed by atoms with Crippen molar-refractivity contribution >= 4 is 29.2 Å². The minimum absolute atomic E-state index is 0.126. The molecule has 1 aliphatic heterocycles. The standard InChI is InChI=1S/C30H31FN6O2S/c1-39-20-25-17-28(37-15-13-36(14-16-37)27-7-3-2-6-26(27)31)35-30(34-25)40-21-22-8-10-24(11-9-22)29(38)33-19-23-5-4-12-32-18-23/h2-12,17-18H,13-16,19-21H2,1H3,(H,33,38). The van der Waals surface area contributed by atoms with Crippen LogP contribution in [0.15, 0.2) is 84.3 Å². The maximum Gasteiger partial charge on any atom is 0.251 e. The molecule has 5 rings (SSSR count). The number of para-hydroxylation sites is 1. The van der Waals surface area contributed by atoms with Gasteiger partial charge in [0.05, 0.1) is 18.0 Å². The molecule has 3 heterocycles. The number of hydrogen-bond donors (Lipinski definition) is 1. The molecule has 1 saturated heterocycles. The molecule has 0 saturated carbocycles. The van der Waals surface area contributed by atoms with Crippen LogP contribution in [-0.2, 0) is 23.6 Å². The van der Waals surface area contributed by atoms with Crippen molar-refractivity contribution in [2.45, 2.75) is 24.1 Å². The second-order valence-electron chi connectivity index (χ2n) is 9.39. The van der Waals surface area contributed by atoms with Gasteiger partial charge in [-0.05, 0) is 41.5 Å². The Labute approximate surface area is 237 Å². The molecule has 8 nitrogen and oxygen atoms in total. The van der Waals surface area contributed by atoms with Gasteiger partial charge in [0, 0.05) is 69.6 Å². The number of aromatic nitrogens is 3. The van der Waals surface area contributed by atoms with Crippen LogP contribution < -0.4 is 15.1 Å². The third kappa shape index (κ3) is 7.13. The molecule has 0 atom stereocenters. The zero-order chi connectivity index (χ0) is 27.7. The SMILES string of the molecule is COCc1cc(N2CCN(c3ccccc3F)CC2)nc(SCc2ccc(C(=O)NCc3cccnc3)cc2)n1. The first kappa shape index (κ1) is 27.5. The number of anilines is 2. The largest absolute Gasteiger partial charge is 0.378 e. The summed E-state index contributed by atoms with van der Waals surface area (Å²) in [6, 6.07) is 20.2. The topological polar surface area (TPSA) is 83.5 Å². The highest BCUT2D eigenvalue weighted by Crippen LogP contribution is 2.26.